The fourth-order valence-electron chi connectivity index (χ4n) is 2.29. The predicted molar refractivity (Wildman–Crippen MR) is 51.6 cm³/mol. The van der Waals surface area contributed by atoms with Gasteiger partial charge in [-0.05, 0) is 56.4 Å². The SMILES string of the molecule is [C]1=CC(C2C=CCCC2)CCC1. The Bertz CT molecular complexity index is 166. The van der Waals surface area contributed by atoms with Gasteiger partial charge in [-0.15, -0.1) is 0 Å². The van der Waals surface area contributed by atoms with E-state index in [0.717, 1.165) is 11.8 Å². The maximum Gasteiger partial charge on any atom is -0.0164 e. The Labute approximate surface area is 75.4 Å². The third-order valence-corrected chi connectivity index (χ3v) is 3.03. The van der Waals surface area contributed by atoms with E-state index in [1.165, 1.54) is 38.5 Å². The molecule has 65 valence electrons. The van der Waals surface area contributed by atoms with Crippen LogP contribution in [0.5, 0.6) is 0 Å². The fourth-order valence-corrected chi connectivity index (χ4v) is 2.29. The minimum Gasteiger partial charge on any atom is -0.0882 e. The van der Waals surface area contributed by atoms with Crippen LogP contribution >= 0.6 is 0 Å². The van der Waals surface area contributed by atoms with Crippen molar-refractivity contribution >= 4 is 0 Å². The van der Waals surface area contributed by atoms with Crippen molar-refractivity contribution in [2.24, 2.45) is 11.8 Å². The summed E-state index contributed by atoms with van der Waals surface area (Å²) in [7, 11) is 0. The van der Waals surface area contributed by atoms with Crippen LogP contribution in [0.2, 0.25) is 0 Å². The largest absolute Gasteiger partial charge is 0.0882 e. The zero-order valence-electron chi connectivity index (χ0n) is 7.63. The zero-order valence-corrected chi connectivity index (χ0v) is 7.63. The second-order valence-corrected chi connectivity index (χ2v) is 3.95. The predicted octanol–water partition coefficient (Wildman–Crippen LogP) is 3.50. The van der Waals surface area contributed by atoms with Gasteiger partial charge in [0.15, 0.2) is 0 Å². The van der Waals surface area contributed by atoms with E-state index in [4.69, 9.17) is 0 Å². The van der Waals surface area contributed by atoms with Crippen LogP contribution in [0.3, 0.4) is 0 Å². The Morgan fingerprint density at radius 2 is 2.00 bits per heavy atom. The third kappa shape index (κ3) is 1.80. The Balaban J connectivity index is 1.97. The molecule has 0 aromatic heterocycles. The minimum absolute atomic E-state index is 0.815. The second kappa shape index (κ2) is 3.93. The van der Waals surface area contributed by atoms with Gasteiger partial charge in [-0.3, -0.25) is 0 Å². The monoisotopic (exact) mass is 161 g/mol. The van der Waals surface area contributed by atoms with Crippen molar-refractivity contribution in [1.29, 1.82) is 0 Å². The first kappa shape index (κ1) is 8.10. The maximum atomic E-state index is 3.37. The van der Waals surface area contributed by atoms with Crippen molar-refractivity contribution in [2.45, 2.75) is 38.5 Å². The Hall–Kier alpha value is -0.520. The molecule has 2 aliphatic rings. The summed E-state index contributed by atoms with van der Waals surface area (Å²) in [5.41, 5.74) is 0. The molecule has 1 radical (unpaired) electrons. The van der Waals surface area contributed by atoms with E-state index < -0.39 is 0 Å². The molecule has 2 unspecified atom stereocenters. The molecule has 0 N–H and O–H groups in total. The van der Waals surface area contributed by atoms with Gasteiger partial charge in [0.05, 0.1) is 0 Å². The third-order valence-electron chi connectivity index (χ3n) is 3.03. The lowest BCUT2D eigenvalue weighted by atomic mass is 9.79. The first-order valence-electron chi connectivity index (χ1n) is 5.20. The number of allylic oxidation sites excluding steroid dienone is 4. The maximum absolute atomic E-state index is 3.37. The first-order valence-corrected chi connectivity index (χ1v) is 5.20. The van der Waals surface area contributed by atoms with Crippen LogP contribution in [0, 0.1) is 17.9 Å². The average molecular weight is 161 g/mol. The molecule has 0 aliphatic heterocycles. The van der Waals surface area contributed by atoms with Crippen LogP contribution in [0.4, 0.5) is 0 Å². The van der Waals surface area contributed by atoms with Crippen molar-refractivity contribution in [3.63, 3.8) is 0 Å². The Morgan fingerprint density at radius 3 is 2.67 bits per heavy atom. The molecular weight excluding hydrogens is 144 g/mol. The molecule has 0 amide bonds. The highest BCUT2D eigenvalue weighted by Gasteiger charge is 2.19. The van der Waals surface area contributed by atoms with Gasteiger partial charge in [0.2, 0.25) is 0 Å². The highest BCUT2D eigenvalue weighted by molar-refractivity contribution is 5.02. The molecule has 2 aliphatic carbocycles. The molecule has 0 spiro atoms. The van der Waals surface area contributed by atoms with Gasteiger partial charge in [0.1, 0.15) is 0 Å². The highest BCUT2D eigenvalue weighted by Crippen LogP contribution is 2.31. The van der Waals surface area contributed by atoms with Crippen molar-refractivity contribution in [2.75, 3.05) is 0 Å². The quantitative estimate of drug-likeness (QED) is 0.516. The second-order valence-electron chi connectivity index (χ2n) is 3.95. The van der Waals surface area contributed by atoms with Gasteiger partial charge in [-0.2, -0.15) is 0 Å². The van der Waals surface area contributed by atoms with E-state index in [9.17, 15) is 0 Å². The topological polar surface area (TPSA) is 0 Å². The van der Waals surface area contributed by atoms with E-state index in [2.05, 4.69) is 24.3 Å². The van der Waals surface area contributed by atoms with Gasteiger partial charge in [0.25, 0.3) is 0 Å². The summed E-state index contributed by atoms with van der Waals surface area (Å²) in [6.45, 7) is 0. The number of hydrogen-bond acceptors (Lipinski definition) is 0. The molecule has 0 nitrogen and oxygen atoms in total. The molecule has 0 saturated carbocycles. The van der Waals surface area contributed by atoms with Crippen LogP contribution in [-0.2, 0) is 0 Å². The molecule has 0 aromatic rings. The average Bonchev–Trinajstić information content (AvgIpc) is 2.21. The molecule has 12 heavy (non-hydrogen) atoms. The van der Waals surface area contributed by atoms with E-state index in [1.807, 2.05) is 0 Å². The summed E-state index contributed by atoms with van der Waals surface area (Å²) in [6, 6.07) is 0. The lowest BCUT2D eigenvalue weighted by molar-refractivity contribution is 0.379. The summed E-state index contributed by atoms with van der Waals surface area (Å²) >= 11 is 0. The molecule has 2 atom stereocenters. The van der Waals surface area contributed by atoms with E-state index in [-0.39, 0.29) is 0 Å². The molecule has 0 heteroatoms. The van der Waals surface area contributed by atoms with Gasteiger partial charge < -0.3 is 0 Å². The Morgan fingerprint density at radius 1 is 1.08 bits per heavy atom. The van der Waals surface area contributed by atoms with Crippen LogP contribution in [0.15, 0.2) is 18.2 Å². The summed E-state index contributed by atoms with van der Waals surface area (Å²) in [5, 5.41) is 0. The van der Waals surface area contributed by atoms with Gasteiger partial charge >= 0.3 is 0 Å². The van der Waals surface area contributed by atoms with E-state index in [0.29, 0.717) is 0 Å². The summed E-state index contributed by atoms with van der Waals surface area (Å²) in [6.07, 6.45) is 18.5. The van der Waals surface area contributed by atoms with Crippen molar-refractivity contribution < 1.29 is 0 Å². The van der Waals surface area contributed by atoms with Crippen LogP contribution < -0.4 is 0 Å². The van der Waals surface area contributed by atoms with Crippen LogP contribution in [0.25, 0.3) is 0 Å². The van der Waals surface area contributed by atoms with Crippen molar-refractivity contribution in [1.82, 2.24) is 0 Å². The number of hydrogen-bond donors (Lipinski definition) is 0. The molecule has 0 aromatic carbocycles. The lowest BCUT2D eigenvalue weighted by Crippen LogP contribution is -2.14. The van der Waals surface area contributed by atoms with Crippen molar-refractivity contribution in [3.05, 3.63) is 24.3 Å². The van der Waals surface area contributed by atoms with Gasteiger partial charge in [-0.25, -0.2) is 0 Å². The summed E-state index contributed by atoms with van der Waals surface area (Å²) in [5.74, 6) is 1.65. The summed E-state index contributed by atoms with van der Waals surface area (Å²) < 4.78 is 0. The number of rotatable bonds is 1. The van der Waals surface area contributed by atoms with Gasteiger partial charge in [0, 0.05) is 0 Å². The summed E-state index contributed by atoms with van der Waals surface area (Å²) in [4.78, 5) is 0. The Kier molecular flexibility index (Phi) is 2.65. The van der Waals surface area contributed by atoms with Crippen molar-refractivity contribution in [3.8, 4) is 0 Å². The van der Waals surface area contributed by atoms with Crippen LogP contribution in [-0.4, -0.2) is 0 Å². The minimum atomic E-state index is 0.815. The van der Waals surface area contributed by atoms with Gasteiger partial charge in [-0.1, -0.05) is 18.2 Å². The first-order chi connectivity index (χ1) is 5.97. The molecule has 0 heterocycles. The van der Waals surface area contributed by atoms with Crippen LogP contribution in [0.1, 0.15) is 38.5 Å². The smallest absolute Gasteiger partial charge is 0.0164 e. The molecule has 0 saturated heterocycles. The molecular formula is C12H17. The molecule has 2 rings (SSSR count). The fraction of sp³-hybridized carbons (Fsp3) is 0.667. The van der Waals surface area contributed by atoms with E-state index >= 15 is 0 Å². The highest BCUT2D eigenvalue weighted by atomic mass is 14.2. The lowest BCUT2D eigenvalue weighted by Gasteiger charge is -2.26. The normalized spacial score (nSPS) is 35.3. The standard InChI is InChI=1S/C12H17/c1-3-7-11(8-4-1)12-9-5-2-6-10-12/h3,7,10-12H,1-2,4-5,8-9H2. The molecule has 0 bridgehead atoms. The molecule has 0 fully saturated rings. The van der Waals surface area contributed by atoms with E-state index in [1.54, 1.807) is 0 Å². The zero-order chi connectivity index (χ0) is 8.23.